The first-order valence-corrected chi connectivity index (χ1v) is 4.66. The molecule has 0 aliphatic carbocycles. The maximum absolute atomic E-state index is 12.8. The Morgan fingerprint density at radius 2 is 1.94 bits per heavy atom. The number of rotatable bonds is 3. The van der Waals surface area contributed by atoms with Gasteiger partial charge in [0.15, 0.2) is 5.82 Å². The van der Waals surface area contributed by atoms with Crippen molar-refractivity contribution in [2.45, 2.75) is 6.18 Å². The molecule has 0 unspecified atom stereocenters. The van der Waals surface area contributed by atoms with Crippen molar-refractivity contribution in [2.75, 3.05) is 5.32 Å². The molecule has 0 saturated carbocycles. The number of nitrogens with one attached hydrogen (secondary N) is 1. The van der Waals surface area contributed by atoms with Gasteiger partial charge < -0.3 is 5.32 Å². The molecule has 0 spiro atoms. The van der Waals surface area contributed by atoms with Gasteiger partial charge in [-0.15, -0.1) is 4.80 Å². The van der Waals surface area contributed by atoms with E-state index in [0.717, 1.165) is 17.1 Å². The SMILES string of the molecule is O=CNc1cnc(-n2nccn2)c(C(F)(F)F)c1. The van der Waals surface area contributed by atoms with Crippen molar-refractivity contribution in [1.82, 2.24) is 20.0 Å². The van der Waals surface area contributed by atoms with E-state index < -0.39 is 17.6 Å². The molecule has 0 aromatic carbocycles. The van der Waals surface area contributed by atoms with Gasteiger partial charge >= 0.3 is 6.18 Å². The first-order valence-electron chi connectivity index (χ1n) is 4.66. The second kappa shape index (κ2) is 4.43. The van der Waals surface area contributed by atoms with Gasteiger partial charge in [-0.3, -0.25) is 4.79 Å². The van der Waals surface area contributed by atoms with Gasteiger partial charge in [0.05, 0.1) is 24.3 Å². The number of alkyl halides is 3. The lowest BCUT2D eigenvalue weighted by Gasteiger charge is -2.12. The quantitative estimate of drug-likeness (QED) is 0.840. The predicted molar refractivity (Wildman–Crippen MR) is 53.8 cm³/mol. The molecule has 9 heteroatoms. The molecule has 0 bridgehead atoms. The maximum Gasteiger partial charge on any atom is 0.420 e. The zero-order valence-electron chi connectivity index (χ0n) is 8.72. The largest absolute Gasteiger partial charge is 0.420 e. The van der Waals surface area contributed by atoms with Crippen LogP contribution in [0.5, 0.6) is 0 Å². The Balaban J connectivity index is 2.56. The molecule has 0 atom stereocenters. The van der Waals surface area contributed by atoms with Crippen molar-refractivity contribution in [1.29, 1.82) is 0 Å². The van der Waals surface area contributed by atoms with Crippen LogP contribution in [0, 0.1) is 0 Å². The Morgan fingerprint density at radius 3 is 2.50 bits per heavy atom. The van der Waals surface area contributed by atoms with E-state index in [0.29, 0.717) is 0 Å². The van der Waals surface area contributed by atoms with Crippen LogP contribution in [-0.2, 0) is 11.0 Å². The van der Waals surface area contributed by atoms with E-state index in [1.807, 2.05) is 0 Å². The topological polar surface area (TPSA) is 72.7 Å². The molecular weight excluding hydrogens is 251 g/mol. The molecule has 2 heterocycles. The average Bonchev–Trinajstić information content (AvgIpc) is 2.81. The minimum absolute atomic E-state index is 0.0618. The number of nitrogens with zero attached hydrogens (tertiary/aromatic N) is 4. The van der Waals surface area contributed by atoms with Crippen molar-refractivity contribution in [3.8, 4) is 5.82 Å². The van der Waals surface area contributed by atoms with Gasteiger partial charge in [0.25, 0.3) is 0 Å². The minimum Gasteiger partial charge on any atom is -0.327 e. The Morgan fingerprint density at radius 1 is 1.28 bits per heavy atom. The van der Waals surface area contributed by atoms with Gasteiger partial charge in [-0.25, -0.2) is 4.98 Å². The lowest BCUT2D eigenvalue weighted by atomic mass is 10.2. The Kier molecular flexibility index (Phi) is 2.96. The van der Waals surface area contributed by atoms with Gasteiger partial charge in [-0.05, 0) is 6.07 Å². The van der Waals surface area contributed by atoms with Crippen molar-refractivity contribution in [2.24, 2.45) is 0 Å². The summed E-state index contributed by atoms with van der Waals surface area (Å²) in [5.41, 5.74) is -1.10. The first kappa shape index (κ1) is 12.0. The summed E-state index contributed by atoms with van der Waals surface area (Å²) in [6.45, 7) is 0. The van der Waals surface area contributed by atoms with Crippen molar-refractivity contribution < 1.29 is 18.0 Å². The molecule has 0 aliphatic rings. The number of amides is 1. The molecular formula is C9H6F3N5O. The van der Waals surface area contributed by atoms with Gasteiger partial charge in [-0.2, -0.15) is 23.4 Å². The molecule has 0 saturated heterocycles. The molecule has 1 N–H and O–H groups in total. The molecule has 0 fully saturated rings. The summed E-state index contributed by atoms with van der Waals surface area (Å²) in [4.78, 5) is 14.6. The third-order valence-electron chi connectivity index (χ3n) is 2.01. The van der Waals surface area contributed by atoms with Crippen LogP contribution in [0.1, 0.15) is 5.56 Å². The number of carbonyl (C=O) groups excluding carboxylic acids is 1. The molecule has 0 radical (unpaired) electrons. The number of pyridine rings is 1. The number of hydrogen-bond donors (Lipinski definition) is 1. The monoisotopic (exact) mass is 257 g/mol. The number of carbonyl (C=O) groups is 1. The van der Waals surface area contributed by atoms with Crippen LogP contribution in [0.3, 0.4) is 0 Å². The van der Waals surface area contributed by atoms with E-state index in [1.165, 1.54) is 12.4 Å². The summed E-state index contributed by atoms with van der Waals surface area (Å²) in [6.07, 6.45) is -0.805. The number of aromatic nitrogens is 4. The molecule has 94 valence electrons. The summed E-state index contributed by atoms with van der Waals surface area (Å²) in [7, 11) is 0. The lowest BCUT2D eigenvalue weighted by molar-refractivity contribution is -0.137. The highest BCUT2D eigenvalue weighted by molar-refractivity contribution is 5.71. The average molecular weight is 257 g/mol. The van der Waals surface area contributed by atoms with E-state index in [-0.39, 0.29) is 12.1 Å². The minimum atomic E-state index is -4.63. The van der Waals surface area contributed by atoms with Gasteiger partial charge in [-0.1, -0.05) is 0 Å². The van der Waals surface area contributed by atoms with Gasteiger partial charge in [0.1, 0.15) is 5.56 Å². The second-order valence-electron chi connectivity index (χ2n) is 3.17. The van der Waals surface area contributed by atoms with Gasteiger partial charge in [0, 0.05) is 0 Å². The fourth-order valence-corrected chi connectivity index (χ4v) is 1.30. The first-order chi connectivity index (χ1) is 8.52. The smallest absolute Gasteiger partial charge is 0.327 e. The number of halogens is 3. The summed E-state index contributed by atoms with van der Waals surface area (Å²) in [6, 6.07) is 0.764. The van der Waals surface area contributed by atoms with Gasteiger partial charge in [0.2, 0.25) is 6.41 Å². The summed E-state index contributed by atoms with van der Waals surface area (Å²) < 4.78 is 38.5. The third kappa shape index (κ3) is 2.29. The summed E-state index contributed by atoms with van der Waals surface area (Å²) in [5, 5.41) is 9.28. The van der Waals surface area contributed by atoms with E-state index in [4.69, 9.17) is 0 Å². The number of anilines is 1. The highest BCUT2D eigenvalue weighted by Gasteiger charge is 2.35. The molecule has 18 heavy (non-hydrogen) atoms. The summed E-state index contributed by atoms with van der Waals surface area (Å²) >= 11 is 0. The fourth-order valence-electron chi connectivity index (χ4n) is 1.30. The lowest BCUT2D eigenvalue weighted by Crippen LogP contribution is -2.15. The van der Waals surface area contributed by atoms with Crippen LogP contribution in [-0.4, -0.2) is 26.4 Å². The molecule has 2 aromatic rings. The van der Waals surface area contributed by atoms with Crippen LogP contribution in [0.2, 0.25) is 0 Å². The normalized spacial score (nSPS) is 11.3. The summed E-state index contributed by atoms with van der Waals surface area (Å²) in [5.74, 6) is -0.455. The van der Waals surface area contributed by atoms with Crippen LogP contribution < -0.4 is 5.32 Å². The highest BCUT2D eigenvalue weighted by atomic mass is 19.4. The van der Waals surface area contributed by atoms with Crippen molar-refractivity contribution in [3.05, 3.63) is 30.2 Å². The highest BCUT2D eigenvalue weighted by Crippen LogP contribution is 2.33. The zero-order valence-corrected chi connectivity index (χ0v) is 8.72. The maximum atomic E-state index is 12.8. The van der Waals surface area contributed by atoms with E-state index in [1.54, 1.807) is 0 Å². The molecule has 2 aromatic heterocycles. The van der Waals surface area contributed by atoms with Crippen molar-refractivity contribution >= 4 is 12.1 Å². The van der Waals surface area contributed by atoms with E-state index >= 15 is 0 Å². The standard InChI is InChI=1S/C9H6F3N5O/c10-9(11,12)7-3-6(14-5-18)4-13-8(7)17-15-1-2-16-17/h1-5H,(H,14,18). The van der Waals surface area contributed by atoms with Crippen molar-refractivity contribution in [3.63, 3.8) is 0 Å². The van der Waals surface area contributed by atoms with Crippen LogP contribution in [0.15, 0.2) is 24.7 Å². The second-order valence-corrected chi connectivity index (χ2v) is 3.17. The molecule has 0 aliphatic heterocycles. The molecule has 6 nitrogen and oxygen atoms in total. The van der Waals surface area contributed by atoms with Crippen LogP contribution in [0.4, 0.5) is 18.9 Å². The molecule has 2 rings (SSSR count). The van der Waals surface area contributed by atoms with E-state index in [2.05, 4.69) is 20.5 Å². The Hall–Kier alpha value is -2.45. The predicted octanol–water partition coefficient (Wildman–Crippen LogP) is 1.25. The Bertz CT molecular complexity index is 552. The fraction of sp³-hybridized carbons (Fsp3) is 0.111. The zero-order chi connectivity index (χ0) is 13.2. The van der Waals surface area contributed by atoms with Crippen LogP contribution >= 0.6 is 0 Å². The van der Waals surface area contributed by atoms with E-state index in [9.17, 15) is 18.0 Å². The molecule has 1 amide bonds. The Labute approximate surface area is 98.4 Å². The van der Waals surface area contributed by atoms with Crippen LogP contribution in [0.25, 0.3) is 5.82 Å². The number of hydrogen-bond acceptors (Lipinski definition) is 4. The third-order valence-corrected chi connectivity index (χ3v) is 2.01.